The topological polar surface area (TPSA) is 154 Å². The molecule has 6 N–H and O–H groups in total. The Hall–Kier alpha value is -1.62. The van der Waals surface area contributed by atoms with Gasteiger partial charge in [-0.2, -0.15) is 0 Å². The SMILES string of the molecule is CC(CNC(=O)NC(CSSC(C)(C)C)C(N)=NCC(=O)O)C(=O)O. The number of carboxylic acids is 2. The van der Waals surface area contributed by atoms with E-state index >= 15 is 0 Å². The zero-order valence-corrected chi connectivity index (χ0v) is 16.4. The van der Waals surface area contributed by atoms with Gasteiger partial charge in [0.05, 0.1) is 12.0 Å². The minimum Gasteiger partial charge on any atom is -0.481 e. The van der Waals surface area contributed by atoms with Crippen LogP contribution in [-0.4, -0.2) is 63.6 Å². The number of hydrogen-bond donors (Lipinski definition) is 5. The fraction of sp³-hybridized carbons (Fsp3) is 0.714. The lowest BCUT2D eigenvalue weighted by Crippen LogP contribution is -2.51. The fourth-order valence-corrected chi connectivity index (χ4v) is 3.78. The van der Waals surface area contributed by atoms with Crippen LogP contribution in [0.4, 0.5) is 4.79 Å². The zero-order chi connectivity index (χ0) is 19.6. The summed E-state index contributed by atoms with van der Waals surface area (Å²) in [4.78, 5) is 37.0. The van der Waals surface area contributed by atoms with Crippen LogP contribution >= 0.6 is 21.6 Å². The van der Waals surface area contributed by atoms with Crippen LogP contribution in [0.1, 0.15) is 27.7 Å². The van der Waals surface area contributed by atoms with Crippen LogP contribution in [-0.2, 0) is 9.59 Å². The highest BCUT2D eigenvalue weighted by Crippen LogP contribution is 2.35. The first kappa shape index (κ1) is 23.4. The summed E-state index contributed by atoms with van der Waals surface area (Å²) in [6, 6.07) is -1.26. The van der Waals surface area contributed by atoms with E-state index in [-0.39, 0.29) is 17.1 Å². The highest BCUT2D eigenvalue weighted by Gasteiger charge is 2.20. The van der Waals surface area contributed by atoms with Crippen molar-refractivity contribution in [1.82, 2.24) is 10.6 Å². The van der Waals surface area contributed by atoms with Crippen LogP contribution < -0.4 is 16.4 Å². The maximum Gasteiger partial charge on any atom is 0.325 e. The van der Waals surface area contributed by atoms with Crippen molar-refractivity contribution in [3.05, 3.63) is 0 Å². The van der Waals surface area contributed by atoms with E-state index in [1.807, 2.05) is 20.8 Å². The number of hydrogen-bond acceptors (Lipinski definition) is 6. The molecule has 0 aromatic carbocycles. The van der Waals surface area contributed by atoms with E-state index in [2.05, 4.69) is 15.6 Å². The van der Waals surface area contributed by atoms with Crippen molar-refractivity contribution in [2.75, 3.05) is 18.8 Å². The van der Waals surface area contributed by atoms with E-state index in [1.54, 1.807) is 10.8 Å². The van der Waals surface area contributed by atoms with Crippen molar-refractivity contribution < 1.29 is 24.6 Å². The van der Waals surface area contributed by atoms with Gasteiger partial charge in [-0.3, -0.25) is 14.6 Å². The van der Waals surface area contributed by atoms with Crippen LogP contribution in [0.2, 0.25) is 0 Å². The summed E-state index contributed by atoms with van der Waals surface area (Å²) in [7, 11) is 3.07. The van der Waals surface area contributed by atoms with Gasteiger partial charge in [0, 0.05) is 17.0 Å². The third-order valence-corrected chi connectivity index (χ3v) is 5.94. The summed E-state index contributed by atoms with van der Waals surface area (Å²) in [6.45, 7) is 7.06. The Labute approximate surface area is 155 Å². The molecule has 0 rings (SSSR count). The van der Waals surface area contributed by atoms with Crippen molar-refractivity contribution in [3.8, 4) is 0 Å². The lowest BCUT2D eigenvalue weighted by Gasteiger charge is -2.21. The monoisotopic (exact) mass is 394 g/mol. The summed E-state index contributed by atoms with van der Waals surface area (Å²) < 4.78 is 0.00135. The molecule has 0 radical (unpaired) electrons. The van der Waals surface area contributed by atoms with Crippen molar-refractivity contribution in [3.63, 3.8) is 0 Å². The number of nitrogens with two attached hydrogens (primary N) is 1. The first-order valence-electron chi connectivity index (χ1n) is 7.51. The molecule has 9 nitrogen and oxygen atoms in total. The van der Waals surface area contributed by atoms with Gasteiger partial charge in [-0.25, -0.2) is 4.79 Å². The van der Waals surface area contributed by atoms with Crippen molar-refractivity contribution >= 4 is 45.4 Å². The van der Waals surface area contributed by atoms with Crippen LogP contribution in [0.3, 0.4) is 0 Å². The zero-order valence-electron chi connectivity index (χ0n) is 14.7. The second-order valence-corrected chi connectivity index (χ2v) is 9.43. The van der Waals surface area contributed by atoms with Crippen LogP contribution in [0.15, 0.2) is 4.99 Å². The molecule has 2 unspecified atom stereocenters. The Morgan fingerprint density at radius 3 is 2.32 bits per heavy atom. The molecule has 0 saturated carbocycles. The minimum atomic E-state index is -1.13. The van der Waals surface area contributed by atoms with Crippen LogP contribution in [0, 0.1) is 5.92 Å². The molecule has 2 atom stereocenters. The van der Waals surface area contributed by atoms with Gasteiger partial charge in [0.1, 0.15) is 12.4 Å². The first-order chi connectivity index (χ1) is 11.4. The minimum absolute atomic E-state index is 0.00135. The van der Waals surface area contributed by atoms with Gasteiger partial charge in [-0.05, 0) is 0 Å². The molecule has 0 heterocycles. The van der Waals surface area contributed by atoms with Crippen molar-refractivity contribution in [2.45, 2.75) is 38.5 Å². The molecule has 0 aromatic heterocycles. The number of amidine groups is 1. The lowest BCUT2D eigenvalue weighted by molar-refractivity contribution is -0.141. The second-order valence-electron chi connectivity index (χ2n) is 6.26. The Balaban J connectivity index is 4.75. The molecule has 0 saturated heterocycles. The van der Waals surface area contributed by atoms with Gasteiger partial charge in [-0.15, -0.1) is 0 Å². The van der Waals surface area contributed by atoms with Crippen LogP contribution in [0.5, 0.6) is 0 Å². The predicted octanol–water partition coefficient (Wildman–Crippen LogP) is 0.997. The van der Waals surface area contributed by atoms with Gasteiger partial charge in [-0.1, -0.05) is 49.3 Å². The predicted molar refractivity (Wildman–Crippen MR) is 101 cm³/mol. The molecule has 0 aliphatic rings. The van der Waals surface area contributed by atoms with Gasteiger partial charge in [0.25, 0.3) is 0 Å². The lowest BCUT2D eigenvalue weighted by atomic mass is 10.2. The van der Waals surface area contributed by atoms with E-state index in [1.165, 1.54) is 17.7 Å². The van der Waals surface area contributed by atoms with E-state index < -0.39 is 36.5 Å². The molecule has 0 aliphatic heterocycles. The number of carbonyl (C=O) groups excluding carboxylic acids is 1. The Morgan fingerprint density at radius 1 is 1.24 bits per heavy atom. The highest BCUT2D eigenvalue weighted by atomic mass is 33.1. The normalized spacial score (nSPS) is 14.5. The molecule has 0 aliphatic carbocycles. The molecular weight excluding hydrogens is 368 g/mol. The number of amides is 2. The molecular formula is C14H26N4O5S2. The smallest absolute Gasteiger partial charge is 0.325 e. The fourth-order valence-electron chi connectivity index (χ4n) is 1.29. The maximum atomic E-state index is 11.9. The summed E-state index contributed by atoms with van der Waals surface area (Å²) in [6.07, 6.45) is 0. The molecule has 0 aromatic rings. The summed E-state index contributed by atoms with van der Waals surface area (Å²) in [5.41, 5.74) is 5.80. The average Bonchev–Trinajstić information content (AvgIpc) is 2.47. The number of nitrogens with one attached hydrogen (secondary N) is 2. The number of carboxylic acid groups (broad SMARTS) is 2. The molecule has 144 valence electrons. The number of rotatable bonds is 10. The molecule has 0 bridgehead atoms. The van der Waals surface area contributed by atoms with E-state index in [0.29, 0.717) is 5.75 Å². The van der Waals surface area contributed by atoms with Crippen molar-refractivity contribution in [1.29, 1.82) is 0 Å². The number of aliphatic carboxylic acids is 2. The Bertz CT molecular complexity index is 508. The molecule has 25 heavy (non-hydrogen) atoms. The van der Waals surface area contributed by atoms with Gasteiger partial charge in [0.2, 0.25) is 0 Å². The van der Waals surface area contributed by atoms with Gasteiger partial charge >= 0.3 is 18.0 Å². The van der Waals surface area contributed by atoms with Gasteiger partial charge in [0.15, 0.2) is 0 Å². The number of aliphatic imine (C=N–C) groups is 1. The third kappa shape index (κ3) is 12.4. The van der Waals surface area contributed by atoms with Crippen molar-refractivity contribution in [2.24, 2.45) is 16.6 Å². The number of urea groups is 1. The first-order valence-corrected chi connectivity index (χ1v) is 9.83. The molecule has 0 spiro atoms. The second kappa shape index (κ2) is 11.1. The Kier molecular flexibility index (Phi) is 10.4. The standard InChI is InChI=1S/C14H26N4O5S2/c1-8(12(21)22)5-17-13(23)18-9(7-24-25-14(2,3)4)11(15)16-6-10(19)20/h8-9H,5-7H2,1-4H3,(H2,15,16)(H,19,20)(H,21,22)(H2,17,18,23). The van der Waals surface area contributed by atoms with Crippen LogP contribution in [0.25, 0.3) is 0 Å². The number of carbonyl (C=O) groups is 3. The summed E-state index contributed by atoms with van der Waals surface area (Å²) in [5, 5.41) is 22.5. The van der Waals surface area contributed by atoms with E-state index in [0.717, 1.165) is 0 Å². The van der Waals surface area contributed by atoms with Gasteiger partial charge < -0.3 is 26.6 Å². The summed E-state index contributed by atoms with van der Waals surface area (Å²) >= 11 is 0. The maximum absolute atomic E-state index is 11.9. The highest BCUT2D eigenvalue weighted by molar-refractivity contribution is 8.77. The van der Waals surface area contributed by atoms with E-state index in [4.69, 9.17) is 15.9 Å². The Morgan fingerprint density at radius 2 is 1.84 bits per heavy atom. The molecule has 2 amide bonds. The quantitative estimate of drug-likeness (QED) is 0.209. The largest absolute Gasteiger partial charge is 0.481 e. The molecule has 11 heteroatoms. The summed E-state index contributed by atoms with van der Waals surface area (Å²) in [5.74, 6) is -2.48. The van der Waals surface area contributed by atoms with E-state index in [9.17, 15) is 14.4 Å². The number of nitrogens with zero attached hydrogens (tertiary/aromatic N) is 1. The molecule has 0 fully saturated rings. The third-order valence-electron chi connectivity index (χ3n) is 2.59. The average molecular weight is 395 g/mol.